The Morgan fingerprint density at radius 3 is 2.60 bits per heavy atom. The number of nitrogens with one attached hydrogen (secondary N) is 1. The summed E-state index contributed by atoms with van der Waals surface area (Å²) in [5.41, 5.74) is 2.28. The number of carbonyl (C=O) groups is 2. The molecule has 5 heteroatoms. The quantitative estimate of drug-likeness (QED) is 0.900. The standard InChI is InChI=1S/C15H16ClNO3/c16-9-2-3-10-8(7-9)1-6-13(10)17-14(18)11-4-5-12(11)15(19)20/h2-3,7,11-13H,1,4-6H2,(H,17,18)(H,19,20). The molecule has 0 saturated heterocycles. The van der Waals surface area contributed by atoms with Crippen molar-refractivity contribution in [3.8, 4) is 0 Å². The number of hydrogen-bond donors (Lipinski definition) is 2. The number of carbonyl (C=O) groups excluding carboxylic acids is 1. The summed E-state index contributed by atoms with van der Waals surface area (Å²) >= 11 is 5.96. The third-order valence-corrected chi connectivity index (χ3v) is 4.66. The highest BCUT2D eigenvalue weighted by atomic mass is 35.5. The van der Waals surface area contributed by atoms with E-state index in [1.807, 2.05) is 18.2 Å². The molecule has 106 valence electrons. The lowest BCUT2D eigenvalue weighted by molar-refractivity contribution is -0.153. The van der Waals surface area contributed by atoms with Crippen molar-refractivity contribution in [3.63, 3.8) is 0 Å². The van der Waals surface area contributed by atoms with Gasteiger partial charge in [0.05, 0.1) is 17.9 Å². The molecule has 1 fully saturated rings. The molecule has 20 heavy (non-hydrogen) atoms. The van der Waals surface area contributed by atoms with Crippen LogP contribution in [0.25, 0.3) is 0 Å². The van der Waals surface area contributed by atoms with Gasteiger partial charge in [-0.15, -0.1) is 0 Å². The van der Waals surface area contributed by atoms with Crippen molar-refractivity contribution >= 4 is 23.5 Å². The Kier molecular flexibility index (Phi) is 3.42. The average molecular weight is 294 g/mol. The van der Waals surface area contributed by atoms with Crippen LogP contribution in [-0.4, -0.2) is 17.0 Å². The van der Waals surface area contributed by atoms with E-state index in [-0.39, 0.29) is 17.9 Å². The third-order valence-electron chi connectivity index (χ3n) is 4.43. The van der Waals surface area contributed by atoms with Crippen LogP contribution < -0.4 is 5.32 Å². The molecule has 1 aromatic rings. The first kappa shape index (κ1) is 13.4. The van der Waals surface area contributed by atoms with Crippen LogP contribution in [0.15, 0.2) is 18.2 Å². The second kappa shape index (κ2) is 5.09. The first-order valence-electron chi connectivity index (χ1n) is 6.88. The molecule has 0 bridgehead atoms. The molecule has 3 atom stereocenters. The summed E-state index contributed by atoms with van der Waals surface area (Å²) in [7, 11) is 0. The predicted molar refractivity (Wildman–Crippen MR) is 74.5 cm³/mol. The highest BCUT2D eigenvalue weighted by Gasteiger charge is 2.42. The SMILES string of the molecule is O=C(O)C1CCC1C(=O)NC1CCc2cc(Cl)ccc21. The van der Waals surface area contributed by atoms with E-state index in [0.29, 0.717) is 17.9 Å². The average Bonchev–Trinajstić information content (AvgIpc) is 2.69. The minimum atomic E-state index is -0.866. The van der Waals surface area contributed by atoms with Crippen molar-refractivity contribution in [2.45, 2.75) is 31.7 Å². The molecular weight excluding hydrogens is 278 g/mol. The van der Waals surface area contributed by atoms with Crippen LogP contribution in [-0.2, 0) is 16.0 Å². The van der Waals surface area contributed by atoms with Crippen LogP contribution >= 0.6 is 11.6 Å². The van der Waals surface area contributed by atoms with Gasteiger partial charge in [0.25, 0.3) is 0 Å². The Bertz CT molecular complexity index is 572. The van der Waals surface area contributed by atoms with E-state index in [9.17, 15) is 9.59 Å². The molecule has 0 aromatic heterocycles. The number of benzene rings is 1. The van der Waals surface area contributed by atoms with Crippen molar-refractivity contribution in [1.82, 2.24) is 5.32 Å². The van der Waals surface area contributed by atoms with Gasteiger partial charge in [0.15, 0.2) is 0 Å². The third kappa shape index (κ3) is 2.29. The highest BCUT2D eigenvalue weighted by molar-refractivity contribution is 6.30. The molecule has 2 aliphatic rings. The number of aryl methyl sites for hydroxylation is 1. The van der Waals surface area contributed by atoms with Gasteiger partial charge in [-0.25, -0.2) is 0 Å². The van der Waals surface area contributed by atoms with Crippen molar-refractivity contribution < 1.29 is 14.7 Å². The highest BCUT2D eigenvalue weighted by Crippen LogP contribution is 2.37. The van der Waals surface area contributed by atoms with Crippen LogP contribution in [0, 0.1) is 11.8 Å². The summed E-state index contributed by atoms with van der Waals surface area (Å²) in [4.78, 5) is 23.1. The van der Waals surface area contributed by atoms with Gasteiger partial charge in [-0.3, -0.25) is 9.59 Å². The van der Waals surface area contributed by atoms with Crippen molar-refractivity contribution in [3.05, 3.63) is 34.3 Å². The molecule has 2 aliphatic carbocycles. The van der Waals surface area contributed by atoms with E-state index in [2.05, 4.69) is 5.32 Å². The summed E-state index contributed by atoms with van der Waals surface area (Å²) in [5.74, 6) is -1.88. The number of aliphatic carboxylic acids is 1. The number of amides is 1. The van der Waals surface area contributed by atoms with Crippen LogP contribution in [0.2, 0.25) is 5.02 Å². The summed E-state index contributed by atoms with van der Waals surface area (Å²) in [6, 6.07) is 5.70. The molecule has 3 rings (SSSR count). The van der Waals surface area contributed by atoms with Gasteiger partial charge < -0.3 is 10.4 Å². The topological polar surface area (TPSA) is 66.4 Å². The number of fused-ring (bicyclic) bond motifs is 1. The summed E-state index contributed by atoms with van der Waals surface area (Å²) < 4.78 is 0. The molecule has 2 N–H and O–H groups in total. The second-order valence-electron chi connectivity index (χ2n) is 5.57. The van der Waals surface area contributed by atoms with Gasteiger partial charge >= 0.3 is 5.97 Å². The smallest absolute Gasteiger partial charge is 0.307 e. The zero-order valence-corrected chi connectivity index (χ0v) is 11.7. The van der Waals surface area contributed by atoms with E-state index in [1.54, 1.807) is 0 Å². The van der Waals surface area contributed by atoms with Gasteiger partial charge in [-0.05, 0) is 48.9 Å². The summed E-state index contributed by atoms with van der Waals surface area (Å²) in [6.45, 7) is 0. The summed E-state index contributed by atoms with van der Waals surface area (Å²) in [6.07, 6.45) is 3.02. The summed E-state index contributed by atoms with van der Waals surface area (Å²) in [5, 5.41) is 12.7. The van der Waals surface area contributed by atoms with Crippen molar-refractivity contribution in [2.24, 2.45) is 11.8 Å². The molecule has 0 heterocycles. The Morgan fingerprint density at radius 1 is 1.20 bits per heavy atom. The van der Waals surface area contributed by atoms with Crippen LogP contribution in [0.1, 0.15) is 36.4 Å². The second-order valence-corrected chi connectivity index (χ2v) is 6.01. The Hall–Kier alpha value is -1.55. The zero-order valence-electron chi connectivity index (χ0n) is 10.9. The predicted octanol–water partition coefficient (Wildman–Crippen LogP) is 2.55. The molecule has 0 aliphatic heterocycles. The molecule has 1 saturated carbocycles. The first-order valence-corrected chi connectivity index (χ1v) is 7.25. The van der Waals surface area contributed by atoms with E-state index in [1.165, 1.54) is 5.56 Å². The molecule has 0 spiro atoms. The van der Waals surface area contributed by atoms with Crippen LogP contribution in [0.3, 0.4) is 0 Å². The molecule has 4 nitrogen and oxygen atoms in total. The van der Waals surface area contributed by atoms with Crippen molar-refractivity contribution in [1.29, 1.82) is 0 Å². The van der Waals surface area contributed by atoms with Gasteiger partial charge in [0.1, 0.15) is 0 Å². The molecular formula is C15H16ClNO3. The Labute approximate surface area is 122 Å². The molecule has 1 aromatic carbocycles. The maximum atomic E-state index is 12.2. The van der Waals surface area contributed by atoms with Gasteiger partial charge in [-0.2, -0.15) is 0 Å². The number of carboxylic acids is 1. The molecule has 1 amide bonds. The minimum absolute atomic E-state index is 0.00943. The number of halogens is 1. The van der Waals surface area contributed by atoms with Gasteiger partial charge in [0, 0.05) is 5.02 Å². The fourth-order valence-electron chi connectivity index (χ4n) is 3.12. The molecule has 3 unspecified atom stereocenters. The monoisotopic (exact) mass is 293 g/mol. The van der Waals surface area contributed by atoms with Gasteiger partial charge in [-0.1, -0.05) is 17.7 Å². The lowest BCUT2D eigenvalue weighted by Crippen LogP contribution is -2.44. The lowest BCUT2D eigenvalue weighted by atomic mass is 9.73. The lowest BCUT2D eigenvalue weighted by Gasteiger charge is -2.33. The van der Waals surface area contributed by atoms with E-state index < -0.39 is 11.9 Å². The van der Waals surface area contributed by atoms with E-state index >= 15 is 0 Å². The molecule has 0 radical (unpaired) electrons. The number of hydrogen-bond acceptors (Lipinski definition) is 2. The Morgan fingerprint density at radius 2 is 1.95 bits per heavy atom. The van der Waals surface area contributed by atoms with Crippen molar-refractivity contribution in [2.75, 3.05) is 0 Å². The maximum Gasteiger partial charge on any atom is 0.307 e. The Balaban J connectivity index is 1.68. The maximum absolute atomic E-state index is 12.2. The van der Waals surface area contributed by atoms with E-state index in [4.69, 9.17) is 16.7 Å². The normalized spacial score (nSPS) is 27.6. The van der Waals surface area contributed by atoms with Crippen LogP contribution in [0.5, 0.6) is 0 Å². The fraction of sp³-hybridized carbons (Fsp3) is 0.467. The van der Waals surface area contributed by atoms with Gasteiger partial charge in [0.2, 0.25) is 5.91 Å². The fourth-order valence-corrected chi connectivity index (χ4v) is 3.32. The largest absolute Gasteiger partial charge is 0.481 e. The van der Waals surface area contributed by atoms with Crippen LogP contribution in [0.4, 0.5) is 0 Å². The number of carboxylic acid groups (broad SMARTS) is 1. The number of rotatable bonds is 3. The zero-order chi connectivity index (χ0) is 14.3. The van der Waals surface area contributed by atoms with E-state index in [0.717, 1.165) is 18.4 Å². The first-order chi connectivity index (χ1) is 9.56. The minimum Gasteiger partial charge on any atom is -0.481 e.